The van der Waals surface area contributed by atoms with Crippen LogP contribution >= 0.6 is 11.8 Å². The van der Waals surface area contributed by atoms with E-state index in [0.717, 1.165) is 36.7 Å². The third kappa shape index (κ3) is 3.32. The zero-order valence-electron chi connectivity index (χ0n) is 12.7. The summed E-state index contributed by atoms with van der Waals surface area (Å²) >= 11 is 1.47. The van der Waals surface area contributed by atoms with Crippen LogP contribution in [0, 0.1) is 0 Å². The Morgan fingerprint density at radius 3 is 2.55 bits per heavy atom. The Kier molecular flexibility index (Phi) is 4.77. The van der Waals surface area contributed by atoms with Gasteiger partial charge in [-0.05, 0) is 24.8 Å². The molecule has 1 fully saturated rings. The molecule has 2 aromatic rings. The van der Waals surface area contributed by atoms with Crippen molar-refractivity contribution in [1.29, 1.82) is 0 Å². The summed E-state index contributed by atoms with van der Waals surface area (Å²) in [5.74, 6) is 0.180. The summed E-state index contributed by atoms with van der Waals surface area (Å²) in [4.78, 5) is 15.0. The highest BCUT2D eigenvalue weighted by atomic mass is 32.2. The molecular formula is C16H20N4OS. The summed E-state index contributed by atoms with van der Waals surface area (Å²) in [5.41, 5.74) is 1.02. The van der Waals surface area contributed by atoms with Crippen molar-refractivity contribution < 1.29 is 4.79 Å². The summed E-state index contributed by atoms with van der Waals surface area (Å²) in [6, 6.07) is 9.94. The molecule has 1 aliphatic heterocycles. The molecule has 0 unspecified atom stereocenters. The van der Waals surface area contributed by atoms with Crippen LogP contribution in [-0.4, -0.2) is 38.7 Å². The lowest BCUT2D eigenvalue weighted by atomic mass is 10.1. The molecule has 0 bridgehead atoms. The minimum atomic E-state index is -0.262. The van der Waals surface area contributed by atoms with Crippen molar-refractivity contribution in [2.75, 3.05) is 13.1 Å². The number of hydrogen-bond donors (Lipinski definition) is 0. The Morgan fingerprint density at radius 1 is 1.18 bits per heavy atom. The molecule has 1 aliphatic rings. The highest BCUT2D eigenvalue weighted by Gasteiger charge is 2.29. The second-order valence-corrected chi connectivity index (χ2v) is 6.59. The maximum absolute atomic E-state index is 13.0. The van der Waals surface area contributed by atoms with Crippen molar-refractivity contribution in [3.8, 4) is 0 Å². The van der Waals surface area contributed by atoms with Crippen LogP contribution in [0.2, 0.25) is 0 Å². The Balaban J connectivity index is 1.85. The Morgan fingerprint density at radius 2 is 1.91 bits per heavy atom. The van der Waals surface area contributed by atoms with Crippen molar-refractivity contribution >= 4 is 17.7 Å². The molecule has 22 heavy (non-hydrogen) atoms. The van der Waals surface area contributed by atoms with Crippen LogP contribution in [0.15, 0.2) is 41.8 Å². The van der Waals surface area contributed by atoms with Crippen LogP contribution in [0.25, 0.3) is 0 Å². The van der Waals surface area contributed by atoms with Gasteiger partial charge in [-0.2, -0.15) is 0 Å². The van der Waals surface area contributed by atoms with E-state index in [4.69, 9.17) is 0 Å². The number of thioether (sulfide) groups is 1. The number of aromatic nitrogens is 3. The number of hydrogen-bond acceptors (Lipinski definition) is 4. The van der Waals surface area contributed by atoms with Crippen LogP contribution < -0.4 is 0 Å². The van der Waals surface area contributed by atoms with Crippen molar-refractivity contribution in [2.24, 2.45) is 7.05 Å². The van der Waals surface area contributed by atoms with Gasteiger partial charge in [0.15, 0.2) is 5.16 Å². The van der Waals surface area contributed by atoms with Gasteiger partial charge in [0.2, 0.25) is 5.91 Å². The minimum absolute atomic E-state index is 0.180. The predicted octanol–water partition coefficient (Wildman–Crippen LogP) is 2.66. The molecule has 0 N–H and O–H groups in total. The van der Waals surface area contributed by atoms with Gasteiger partial charge in [-0.1, -0.05) is 42.1 Å². The van der Waals surface area contributed by atoms with Gasteiger partial charge in [-0.15, -0.1) is 10.2 Å². The SMILES string of the molecule is Cn1cnnc1S[C@@H](C(=O)N1CCCCC1)c1ccccc1. The van der Waals surface area contributed by atoms with Gasteiger partial charge in [-0.3, -0.25) is 4.79 Å². The van der Waals surface area contributed by atoms with Crippen LogP contribution in [-0.2, 0) is 11.8 Å². The Hall–Kier alpha value is -1.82. The lowest BCUT2D eigenvalue weighted by molar-refractivity contribution is -0.131. The van der Waals surface area contributed by atoms with Crippen LogP contribution in [0.4, 0.5) is 0 Å². The fourth-order valence-electron chi connectivity index (χ4n) is 2.65. The smallest absolute Gasteiger partial charge is 0.240 e. The molecule has 1 aromatic carbocycles. The number of benzene rings is 1. The standard InChI is InChI=1S/C16H20N4OS/c1-19-12-17-18-16(19)22-14(13-8-4-2-5-9-13)15(21)20-10-6-3-7-11-20/h2,4-5,8-9,12,14H,3,6-7,10-11H2,1H3/t14-/m1/s1. The zero-order chi connectivity index (χ0) is 15.4. The Labute approximate surface area is 134 Å². The van der Waals surface area contributed by atoms with E-state index in [1.54, 1.807) is 6.33 Å². The second-order valence-electron chi connectivity index (χ2n) is 5.52. The van der Waals surface area contributed by atoms with E-state index in [9.17, 15) is 4.79 Å². The maximum atomic E-state index is 13.0. The molecule has 0 aliphatic carbocycles. The monoisotopic (exact) mass is 316 g/mol. The number of likely N-dealkylation sites (tertiary alicyclic amines) is 1. The summed E-state index contributed by atoms with van der Waals surface area (Å²) in [6.07, 6.45) is 5.08. The lowest BCUT2D eigenvalue weighted by Crippen LogP contribution is -2.38. The van der Waals surface area contributed by atoms with Crippen molar-refractivity contribution in [2.45, 2.75) is 29.7 Å². The molecule has 0 radical (unpaired) electrons. The molecule has 2 heterocycles. The quantitative estimate of drug-likeness (QED) is 0.814. The van der Waals surface area contributed by atoms with Crippen LogP contribution in [0.5, 0.6) is 0 Å². The van der Waals surface area contributed by atoms with Crippen molar-refractivity contribution in [1.82, 2.24) is 19.7 Å². The lowest BCUT2D eigenvalue weighted by Gasteiger charge is -2.30. The van der Waals surface area contributed by atoms with Gasteiger partial charge < -0.3 is 9.47 Å². The van der Waals surface area contributed by atoms with E-state index < -0.39 is 0 Å². The molecule has 0 saturated carbocycles. The molecule has 116 valence electrons. The number of carbonyl (C=O) groups excluding carboxylic acids is 1. The van der Waals surface area contributed by atoms with E-state index in [-0.39, 0.29) is 11.2 Å². The maximum Gasteiger partial charge on any atom is 0.240 e. The van der Waals surface area contributed by atoms with Crippen molar-refractivity contribution in [3.63, 3.8) is 0 Å². The second kappa shape index (κ2) is 6.96. The first-order valence-corrected chi connectivity index (χ1v) is 8.48. The molecule has 5 nitrogen and oxygen atoms in total. The third-order valence-corrected chi connectivity index (χ3v) is 5.18. The number of piperidine rings is 1. The topological polar surface area (TPSA) is 51.0 Å². The molecular weight excluding hydrogens is 296 g/mol. The number of rotatable bonds is 4. The third-order valence-electron chi connectivity index (χ3n) is 3.89. The average molecular weight is 316 g/mol. The first kappa shape index (κ1) is 15.1. The summed E-state index contributed by atoms with van der Waals surface area (Å²) in [5, 5.41) is 8.52. The highest BCUT2D eigenvalue weighted by molar-refractivity contribution is 8.00. The highest BCUT2D eigenvalue weighted by Crippen LogP contribution is 2.35. The summed E-state index contributed by atoms with van der Waals surface area (Å²) in [7, 11) is 1.90. The molecule has 1 atom stereocenters. The average Bonchev–Trinajstić information content (AvgIpc) is 2.98. The zero-order valence-corrected chi connectivity index (χ0v) is 13.5. The fourth-order valence-corrected chi connectivity index (χ4v) is 3.72. The molecule has 1 amide bonds. The van der Waals surface area contributed by atoms with Gasteiger partial charge in [0, 0.05) is 20.1 Å². The van der Waals surface area contributed by atoms with E-state index in [1.807, 2.05) is 46.8 Å². The van der Waals surface area contributed by atoms with Gasteiger partial charge >= 0.3 is 0 Å². The van der Waals surface area contributed by atoms with E-state index in [2.05, 4.69) is 10.2 Å². The number of carbonyl (C=O) groups is 1. The molecule has 3 rings (SSSR count). The minimum Gasteiger partial charge on any atom is -0.341 e. The number of amides is 1. The molecule has 1 aromatic heterocycles. The van der Waals surface area contributed by atoms with Gasteiger partial charge in [0.1, 0.15) is 11.6 Å². The molecule has 1 saturated heterocycles. The van der Waals surface area contributed by atoms with E-state index in [1.165, 1.54) is 18.2 Å². The first-order valence-electron chi connectivity index (χ1n) is 7.60. The predicted molar refractivity (Wildman–Crippen MR) is 86.5 cm³/mol. The normalized spacial score (nSPS) is 16.5. The van der Waals surface area contributed by atoms with Gasteiger partial charge in [0.05, 0.1) is 0 Å². The van der Waals surface area contributed by atoms with Crippen LogP contribution in [0.3, 0.4) is 0 Å². The summed E-state index contributed by atoms with van der Waals surface area (Å²) in [6.45, 7) is 1.73. The van der Waals surface area contributed by atoms with Crippen LogP contribution in [0.1, 0.15) is 30.1 Å². The fraction of sp³-hybridized carbons (Fsp3) is 0.438. The van der Waals surface area contributed by atoms with Crippen molar-refractivity contribution in [3.05, 3.63) is 42.2 Å². The number of nitrogens with zero attached hydrogens (tertiary/aromatic N) is 4. The first-order chi connectivity index (χ1) is 10.8. The molecule has 6 heteroatoms. The largest absolute Gasteiger partial charge is 0.341 e. The Bertz CT molecular complexity index is 622. The van der Waals surface area contributed by atoms with Gasteiger partial charge in [0.25, 0.3) is 0 Å². The number of aryl methyl sites for hydroxylation is 1. The summed E-state index contributed by atoms with van der Waals surface area (Å²) < 4.78 is 1.85. The van der Waals surface area contributed by atoms with Gasteiger partial charge in [-0.25, -0.2) is 0 Å². The van der Waals surface area contributed by atoms with E-state index >= 15 is 0 Å². The molecule has 0 spiro atoms. The van der Waals surface area contributed by atoms with E-state index in [0.29, 0.717) is 0 Å².